The van der Waals surface area contributed by atoms with E-state index in [1.165, 1.54) is 63.1 Å². The Morgan fingerprint density at radius 3 is 1.42 bits per heavy atom. The minimum Gasteiger partial charge on any atom is -0.462 e. The molecular formula is C39H74O17P2S. The zero-order chi connectivity index (χ0) is 44.1. The van der Waals surface area contributed by atoms with Gasteiger partial charge in [0, 0.05) is 25.0 Å². The van der Waals surface area contributed by atoms with Crippen LogP contribution in [-0.2, 0) is 46.6 Å². The van der Waals surface area contributed by atoms with Crippen LogP contribution in [0.4, 0.5) is 0 Å². The highest BCUT2D eigenvalue weighted by atomic mass is 32.2. The van der Waals surface area contributed by atoms with E-state index >= 15 is 0 Å². The average molecular weight is 909 g/mol. The summed E-state index contributed by atoms with van der Waals surface area (Å²) in [6, 6.07) is 0. The maximum atomic E-state index is 12.9. The Labute approximate surface area is 354 Å². The number of aliphatic hydroxyl groups is 4. The third-order valence-electron chi connectivity index (χ3n) is 9.94. The van der Waals surface area contributed by atoms with Crippen molar-refractivity contribution in [1.82, 2.24) is 0 Å². The largest absolute Gasteiger partial charge is 0.472 e. The quantitative estimate of drug-likeness (QED) is 0.0200. The van der Waals surface area contributed by atoms with Gasteiger partial charge in [-0.2, -0.15) is 0 Å². The molecule has 0 aromatic rings. The van der Waals surface area contributed by atoms with Gasteiger partial charge in [-0.3, -0.25) is 28.0 Å². The first-order chi connectivity index (χ1) is 28.0. The summed E-state index contributed by atoms with van der Waals surface area (Å²) in [5.74, 6) is -0.406. The molecule has 0 aliphatic heterocycles. The SMILES string of the molecule is CCCCCCCCCCCCCCCC(=O)O[C@H](COC(=O)CCCCCCCCCSC(=O)CCC)COP(=O)(O)OC1C(O)[C@@H](O)C(OP(=O)(O)O)[C@@H](O)[C@H]1O. The van der Waals surface area contributed by atoms with Crippen molar-refractivity contribution in [2.24, 2.45) is 0 Å². The molecule has 1 aliphatic rings. The molecule has 20 heteroatoms. The molecule has 348 valence electrons. The molecule has 7 N–H and O–H groups in total. The third kappa shape index (κ3) is 27.6. The number of esters is 2. The van der Waals surface area contributed by atoms with E-state index in [4.69, 9.17) is 28.3 Å². The van der Waals surface area contributed by atoms with Gasteiger partial charge in [0.05, 0.1) is 6.61 Å². The minimum absolute atomic E-state index is 0.0411. The molecule has 1 aliphatic carbocycles. The van der Waals surface area contributed by atoms with Gasteiger partial charge < -0.3 is 44.6 Å². The normalized spacial score (nSPS) is 22.5. The average Bonchev–Trinajstić information content (AvgIpc) is 3.17. The molecule has 1 rings (SSSR count). The summed E-state index contributed by atoms with van der Waals surface area (Å²) in [5.41, 5.74) is 0. The van der Waals surface area contributed by atoms with Crippen molar-refractivity contribution in [3.05, 3.63) is 0 Å². The smallest absolute Gasteiger partial charge is 0.462 e. The van der Waals surface area contributed by atoms with Crippen molar-refractivity contribution in [3.8, 4) is 0 Å². The van der Waals surface area contributed by atoms with Crippen LogP contribution < -0.4 is 0 Å². The Morgan fingerprint density at radius 2 is 0.966 bits per heavy atom. The third-order valence-corrected chi connectivity index (χ3v) is 12.5. The molecule has 4 unspecified atom stereocenters. The van der Waals surface area contributed by atoms with Gasteiger partial charge in [0.2, 0.25) is 0 Å². The van der Waals surface area contributed by atoms with Crippen molar-refractivity contribution in [2.45, 2.75) is 211 Å². The van der Waals surface area contributed by atoms with Crippen LogP contribution in [0.3, 0.4) is 0 Å². The second-order valence-corrected chi connectivity index (χ2v) is 19.1. The summed E-state index contributed by atoms with van der Waals surface area (Å²) in [4.78, 5) is 65.4. The van der Waals surface area contributed by atoms with Crippen LogP contribution in [0.15, 0.2) is 0 Å². The fourth-order valence-corrected chi connectivity index (χ4v) is 9.04. The van der Waals surface area contributed by atoms with E-state index in [-0.39, 0.29) is 18.0 Å². The van der Waals surface area contributed by atoms with Crippen molar-refractivity contribution in [2.75, 3.05) is 19.0 Å². The van der Waals surface area contributed by atoms with E-state index < -0.39 is 83.5 Å². The Balaban J connectivity index is 2.61. The summed E-state index contributed by atoms with van der Waals surface area (Å²) in [6.07, 6.45) is 7.61. The molecule has 0 saturated heterocycles. The van der Waals surface area contributed by atoms with Gasteiger partial charge in [0.1, 0.15) is 43.2 Å². The van der Waals surface area contributed by atoms with Gasteiger partial charge in [-0.15, -0.1) is 0 Å². The summed E-state index contributed by atoms with van der Waals surface area (Å²) >= 11 is 1.39. The lowest BCUT2D eigenvalue weighted by Crippen LogP contribution is -2.64. The van der Waals surface area contributed by atoms with E-state index in [1.54, 1.807) is 0 Å². The zero-order valence-electron chi connectivity index (χ0n) is 35.1. The predicted molar refractivity (Wildman–Crippen MR) is 222 cm³/mol. The topological polar surface area (TPSA) is 273 Å². The van der Waals surface area contributed by atoms with E-state index in [0.29, 0.717) is 19.3 Å². The van der Waals surface area contributed by atoms with Gasteiger partial charge in [-0.25, -0.2) is 9.13 Å². The predicted octanol–water partition coefficient (Wildman–Crippen LogP) is 6.54. The number of carbonyl (C=O) groups is 3. The number of hydrogen-bond acceptors (Lipinski definition) is 15. The number of aliphatic hydroxyl groups excluding tert-OH is 4. The van der Waals surface area contributed by atoms with Crippen LogP contribution in [0.2, 0.25) is 0 Å². The number of unbranched alkanes of at least 4 members (excludes halogenated alkanes) is 18. The van der Waals surface area contributed by atoms with Gasteiger partial charge in [-0.1, -0.05) is 135 Å². The second kappa shape index (κ2) is 32.7. The molecule has 8 atom stereocenters. The lowest BCUT2D eigenvalue weighted by molar-refractivity contribution is -0.216. The lowest BCUT2D eigenvalue weighted by atomic mass is 9.85. The van der Waals surface area contributed by atoms with Gasteiger partial charge >= 0.3 is 27.6 Å². The van der Waals surface area contributed by atoms with E-state index in [2.05, 4.69) is 11.4 Å². The standard InChI is InChI=1S/C39H74O17P2S/c1-3-5-6-7-8-9-10-11-12-13-15-19-22-26-32(41)54-30(28-52-31(40)25-21-18-16-14-17-20-23-27-59-33(42)24-4-2)29-53-58(50,51)56-39-36(45)34(43)38(35(44)37(39)46)55-57(47,48)49/h30,34-39,43-46H,3-29H2,1-2H3,(H,50,51)(H2,47,48,49)/t30-,34-,35+,36?,37-,38?,39?/m1/s1. The molecule has 0 radical (unpaired) electrons. The molecule has 1 saturated carbocycles. The molecule has 59 heavy (non-hydrogen) atoms. The van der Waals surface area contributed by atoms with Crippen molar-refractivity contribution in [3.63, 3.8) is 0 Å². The molecular weight excluding hydrogens is 834 g/mol. The molecule has 0 aromatic carbocycles. The number of thioether (sulfide) groups is 1. The first-order valence-corrected chi connectivity index (χ1v) is 25.6. The monoisotopic (exact) mass is 908 g/mol. The van der Waals surface area contributed by atoms with E-state index in [1.807, 2.05) is 6.92 Å². The van der Waals surface area contributed by atoms with Crippen molar-refractivity contribution >= 4 is 44.5 Å². The maximum absolute atomic E-state index is 12.9. The highest BCUT2D eigenvalue weighted by Crippen LogP contribution is 2.48. The second-order valence-electron chi connectivity index (χ2n) is 15.3. The molecule has 0 heterocycles. The molecule has 0 bridgehead atoms. The van der Waals surface area contributed by atoms with E-state index in [0.717, 1.165) is 76.4 Å². The minimum atomic E-state index is -5.31. The first-order valence-electron chi connectivity index (χ1n) is 21.6. The lowest BCUT2D eigenvalue weighted by Gasteiger charge is -2.43. The molecule has 0 amide bonds. The van der Waals surface area contributed by atoms with Crippen LogP contribution in [0.5, 0.6) is 0 Å². The molecule has 0 aromatic heterocycles. The van der Waals surface area contributed by atoms with Crippen molar-refractivity contribution < 1.29 is 81.7 Å². The molecule has 17 nitrogen and oxygen atoms in total. The maximum Gasteiger partial charge on any atom is 0.472 e. The van der Waals surface area contributed by atoms with E-state index in [9.17, 15) is 48.8 Å². The summed E-state index contributed by atoms with van der Waals surface area (Å²) in [6.45, 7) is 2.84. The molecule has 0 spiro atoms. The van der Waals surface area contributed by atoms with Crippen molar-refractivity contribution in [1.29, 1.82) is 0 Å². The highest BCUT2D eigenvalue weighted by molar-refractivity contribution is 8.13. The number of ether oxygens (including phenoxy) is 2. The molecule has 1 fully saturated rings. The Hall–Kier alpha value is -0.980. The van der Waals surface area contributed by atoms with Crippen LogP contribution in [0.1, 0.15) is 168 Å². The summed E-state index contributed by atoms with van der Waals surface area (Å²) < 4.78 is 48.9. The number of hydrogen-bond donors (Lipinski definition) is 7. The van der Waals surface area contributed by atoms with Crippen LogP contribution >= 0.6 is 27.4 Å². The summed E-state index contributed by atoms with van der Waals surface area (Å²) in [5, 5.41) is 41.6. The van der Waals surface area contributed by atoms with Crippen LogP contribution in [-0.4, -0.2) is 114 Å². The number of phosphoric acid groups is 2. The fraction of sp³-hybridized carbons (Fsp3) is 0.923. The fourth-order valence-electron chi connectivity index (χ4n) is 6.57. The Kier molecular flexibility index (Phi) is 31.0. The Morgan fingerprint density at radius 1 is 0.542 bits per heavy atom. The van der Waals surface area contributed by atoms with Gasteiger partial charge in [-0.05, 0) is 25.7 Å². The van der Waals surface area contributed by atoms with Crippen LogP contribution in [0.25, 0.3) is 0 Å². The number of phosphoric ester groups is 2. The van der Waals surface area contributed by atoms with Gasteiger partial charge in [0.25, 0.3) is 0 Å². The Bertz CT molecular complexity index is 1220. The first kappa shape index (κ1) is 56.0. The number of carbonyl (C=O) groups excluding carboxylic acids is 3. The van der Waals surface area contributed by atoms with Gasteiger partial charge in [0.15, 0.2) is 11.2 Å². The summed E-state index contributed by atoms with van der Waals surface area (Å²) in [7, 11) is -10.6. The highest BCUT2D eigenvalue weighted by Gasteiger charge is 2.54. The number of rotatable bonds is 36. The van der Waals surface area contributed by atoms with Crippen LogP contribution in [0, 0.1) is 0 Å². The zero-order valence-corrected chi connectivity index (χ0v) is 37.8.